The Labute approximate surface area is 158 Å². The molecule has 4 aromatic rings. The largest absolute Gasteiger partial charge is 0.349 e. The van der Waals surface area contributed by atoms with Crippen molar-refractivity contribution >= 4 is 32.9 Å². The molecule has 1 atom stereocenters. The molecule has 26 heavy (non-hydrogen) atoms. The molecule has 4 rings (SSSR count). The molecule has 7 heteroatoms. The van der Waals surface area contributed by atoms with Crippen LogP contribution in [0.4, 0.5) is 5.95 Å². The third kappa shape index (κ3) is 3.13. The lowest BCUT2D eigenvalue weighted by Gasteiger charge is -2.15. The zero-order chi connectivity index (χ0) is 18.1. The van der Waals surface area contributed by atoms with Gasteiger partial charge in [-0.05, 0) is 36.8 Å². The van der Waals surface area contributed by atoms with Crippen molar-refractivity contribution in [3.63, 3.8) is 0 Å². The summed E-state index contributed by atoms with van der Waals surface area (Å²) in [4.78, 5) is 19.8. The number of aromatic nitrogens is 4. The molecule has 2 aromatic heterocycles. The second-order valence-corrected chi connectivity index (χ2v) is 6.88. The van der Waals surface area contributed by atoms with Crippen LogP contribution in [0.3, 0.4) is 0 Å². The molecule has 0 bridgehead atoms. The first-order valence-corrected chi connectivity index (χ1v) is 8.96. The first kappa shape index (κ1) is 16.5. The smallest absolute Gasteiger partial charge is 0.263 e. The third-order valence-corrected chi connectivity index (χ3v) is 4.63. The van der Waals surface area contributed by atoms with Gasteiger partial charge in [-0.3, -0.25) is 9.78 Å². The van der Waals surface area contributed by atoms with E-state index in [9.17, 15) is 4.79 Å². The maximum absolute atomic E-state index is 12.4. The van der Waals surface area contributed by atoms with Crippen LogP contribution < -0.4 is 10.9 Å². The second-order valence-electron chi connectivity index (χ2n) is 5.96. The molecule has 0 radical (unpaired) electrons. The Morgan fingerprint density at radius 3 is 2.73 bits per heavy atom. The van der Waals surface area contributed by atoms with E-state index in [0.29, 0.717) is 17.0 Å². The summed E-state index contributed by atoms with van der Waals surface area (Å²) in [5, 5.41) is 8.03. The van der Waals surface area contributed by atoms with Crippen LogP contribution in [0.1, 0.15) is 18.5 Å². The fraction of sp³-hybridized carbons (Fsp3) is 0.105. The molecular formula is C19H16BrN5O. The lowest BCUT2D eigenvalue weighted by molar-refractivity contribution is 0.852. The van der Waals surface area contributed by atoms with Gasteiger partial charge in [0.2, 0.25) is 5.95 Å². The highest BCUT2D eigenvalue weighted by Crippen LogP contribution is 2.21. The van der Waals surface area contributed by atoms with Gasteiger partial charge < -0.3 is 5.32 Å². The Bertz CT molecular complexity index is 1120. The van der Waals surface area contributed by atoms with Crippen molar-refractivity contribution in [1.29, 1.82) is 0 Å². The fourth-order valence-corrected chi connectivity index (χ4v) is 3.23. The summed E-state index contributed by atoms with van der Waals surface area (Å²) >= 11 is 3.48. The molecule has 0 spiro atoms. The molecule has 1 unspecified atom stereocenters. The SMILES string of the molecule is CC(Nc1nc2c(cnn2-c2ccccc2)c(=O)[nH]1)c1cccc(Br)c1. The number of H-pyrrole nitrogens is 1. The van der Waals surface area contributed by atoms with E-state index in [1.54, 1.807) is 4.68 Å². The Hall–Kier alpha value is -2.93. The van der Waals surface area contributed by atoms with Crippen LogP contribution in [0.5, 0.6) is 0 Å². The number of nitrogens with one attached hydrogen (secondary N) is 2. The highest BCUT2D eigenvalue weighted by Gasteiger charge is 2.13. The molecule has 0 amide bonds. The van der Waals surface area contributed by atoms with E-state index in [4.69, 9.17) is 0 Å². The Morgan fingerprint density at radius 1 is 1.15 bits per heavy atom. The summed E-state index contributed by atoms with van der Waals surface area (Å²) in [6, 6.07) is 17.6. The van der Waals surface area contributed by atoms with Gasteiger partial charge in [0.15, 0.2) is 5.65 Å². The maximum Gasteiger partial charge on any atom is 0.263 e. The summed E-state index contributed by atoms with van der Waals surface area (Å²) in [6.45, 7) is 2.01. The van der Waals surface area contributed by atoms with Gasteiger partial charge in [0.05, 0.1) is 17.9 Å². The fourth-order valence-electron chi connectivity index (χ4n) is 2.81. The number of nitrogens with zero attached hydrogens (tertiary/aromatic N) is 3. The monoisotopic (exact) mass is 409 g/mol. The molecule has 0 fully saturated rings. The van der Waals surface area contributed by atoms with Gasteiger partial charge >= 0.3 is 0 Å². The van der Waals surface area contributed by atoms with E-state index in [0.717, 1.165) is 15.7 Å². The Kier molecular flexibility index (Phi) is 4.30. The maximum atomic E-state index is 12.4. The highest BCUT2D eigenvalue weighted by atomic mass is 79.9. The summed E-state index contributed by atoms with van der Waals surface area (Å²) in [5.74, 6) is 0.410. The molecule has 2 aromatic carbocycles. The molecule has 0 aliphatic rings. The van der Waals surface area contributed by atoms with E-state index < -0.39 is 0 Å². The molecular weight excluding hydrogens is 394 g/mol. The van der Waals surface area contributed by atoms with Gasteiger partial charge in [-0.2, -0.15) is 10.1 Å². The lowest BCUT2D eigenvalue weighted by atomic mass is 10.1. The molecule has 0 saturated heterocycles. The van der Waals surface area contributed by atoms with Crippen LogP contribution in [0, 0.1) is 0 Å². The lowest BCUT2D eigenvalue weighted by Crippen LogP contribution is -2.16. The summed E-state index contributed by atoms with van der Waals surface area (Å²) in [5.41, 5.74) is 2.23. The van der Waals surface area contributed by atoms with Gasteiger partial charge in [-0.1, -0.05) is 46.3 Å². The minimum atomic E-state index is -0.221. The molecule has 0 aliphatic heterocycles. The number of anilines is 1. The van der Waals surface area contributed by atoms with Crippen LogP contribution in [0.25, 0.3) is 16.7 Å². The number of rotatable bonds is 4. The average Bonchev–Trinajstić information content (AvgIpc) is 3.07. The van der Waals surface area contributed by atoms with Gasteiger partial charge in [0.25, 0.3) is 5.56 Å². The predicted octanol–water partition coefficient (Wildman–Crippen LogP) is 4.04. The minimum Gasteiger partial charge on any atom is -0.349 e. The number of hydrogen-bond donors (Lipinski definition) is 2. The minimum absolute atomic E-state index is 0.0267. The van der Waals surface area contributed by atoms with E-state index in [1.807, 2.05) is 61.5 Å². The van der Waals surface area contributed by atoms with Crippen molar-refractivity contribution in [2.24, 2.45) is 0 Å². The number of hydrogen-bond acceptors (Lipinski definition) is 4. The van der Waals surface area contributed by atoms with Crippen molar-refractivity contribution in [2.75, 3.05) is 5.32 Å². The van der Waals surface area contributed by atoms with Crippen LogP contribution in [0.15, 0.2) is 70.1 Å². The van der Waals surface area contributed by atoms with Gasteiger partial charge in [0.1, 0.15) is 5.39 Å². The number of fused-ring (bicyclic) bond motifs is 1. The Morgan fingerprint density at radius 2 is 1.96 bits per heavy atom. The van der Waals surface area contributed by atoms with Crippen molar-refractivity contribution in [1.82, 2.24) is 19.7 Å². The van der Waals surface area contributed by atoms with E-state index in [-0.39, 0.29) is 11.6 Å². The van der Waals surface area contributed by atoms with Crippen LogP contribution in [-0.2, 0) is 0 Å². The second kappa shape index (κ2) is 6.76. The molecule has 130 valence electrons. The zero-order valence-electron chi connectivity index (χ0n) is 14.0. The van der Waals surface area contributed by atoms with Gasteiger partial charge in [-0.15, -0.1) is 0 Å². The summed E-state index contributed by atoms with van der Waals surface area (Å²) in [7, 11) is 0. The highest BCUT2D eigenvalue weighted by molar-refractivity contribution is 9.10. The van der Waals surface area contributed by atoms with E-state index in [2.05, 4.69) is 36.3 Å². The average molecular weight is 410 g/mol. The Balaban J connectivity index is 1.73. The third-order valence-electron chi connectivity index (χ3n) is 4.14. The number of benzene rings is 2. The molecule has 2 N–H and O–H groups in total. The van der Waals surface area contributed by atoms with Crippen LogP contribution in [-0.4, -0.2) is 19.7 Å². The summed E-state index contributed by atoms with van der Waals surface area (Å²) in [6.07, 6.45) is 1.54. The first-order chi connectivity index (χ1) is 12.6. The van der Waals surface area contributed by atoms with E-state index >= 15 is 0 Å². The topological polar surface area (TPSA) is 75.6 Å². The standard InChI is InChI=1S/C19H16BrN5O/c1-12(13-6-5-7-14(20)10-13)22-19-23-17-16(18(26)24-19)11-21-25(17)15-8-3-2-4-9-15/h2-12H,1H3,(H2,22,23,24,26). The zero-order valence-corrected chi connectivity index (χ0v) is 15.6. The molecule has 2 heterocycles. The van der Waals surface area contributed by atoms with Crippen molar-refractivity contribution in [3.8, 4) is 5.69 Å². The number of halogens is 1. The van der Waals surface area contributed by atoms with Gasteiger partial charge in [-0.25, -0.2) is 4.68 Å². The van der Waals surface area contributed by atoms with Crippen molar-refractivity contribution in [3.05, 3.63) is 81.2 Å². The van der Waals surface area contributed by atoms with E-state index in [1.165, 1.54) is 6.20 Å². The molecule has 0 aliphatic carbocycles. The molecule has 0 saturated carbocycles. The normalized spacial score (nSPS) is 12.2. The quantitative estimate of drug-likeness (QED) is 0.533. The molecule has 6 nitrogen and oxygen atoms in total. The van der Waals surface area contributed by atoms with Crippen molar-refractivity contribution < 1.29 is 0 Å². The number of aromatic amines is 1. The van der Waals surface area contributed by atoms with Crippen LogP contribution in [0.2, 0.25) is 0 Å². The predicted molar refractivity (Wildman–Crippen MR) is 106 cm³/mol. The summed E-state index contributed by atoms with van der Waals surface area (Å²) < 4.78 is 2.67. The van der Waals surface area contributed by atoms with Gasteiger partial charge in [0, 0.05) is 4.47 Å². The van der Waals surface area contributed by atoms with Crippen LogP contribution >= 0.6 is 15.9 Å². The number of para-hydroxylation sites is 1. The first-order valence-electron chi connectivity index (χ1n) is 8.17. The van der Waals surface area contributed by atoms with Crippen molar-refractivity contribution in [2.45, 2.75) is 13.0 Å².